The maximum absolute atomic E-state index is 11.0. The van der Waals surface area contributed by atoms with E-state index in [0.29, 0.717) is 11.4 Å². The quantitative estimate of drug-likeness (QED) is 0.539. The van der Waals surface area contributed by atoms with Gasteiger partial charge in [-0.2, -0.15) is 0 Å². The molecule has 19 heavy (non-hydrogen) atoms. The van der Waals surface area contributed by atoms with Crippen LogP contribution in [0, 0.1) is 0 Å². The van der Waals surface area contributed by atoms with Gasteiger partial charge in [-0.15, -0.1) is 0 Å². The number of carboxylic acid groups (broad SMARTS) is 1. The maximum atomic E-state index is 11.0. The molecule has 0 radical (unpaired) electrons. The van der Waals surface area contributed by atoms with Crippen LogP contribution in [-0.2, 0) is 0 Å². The van der Waals surface area contributed by atoms with E-state index in [4.69, 9.17) is 10.8 Å². The molecule has 0 bridgehead atoms. The molecule has 2 rings (SSSR count). The molecule has 1 aliphatic heterocycles. The number of anilines is 2. The summed E-state index contributed by atoms with van der Waals surface area (Å²) in [6.07, 6.45) is 3.65. The number of benzene rings is 1. The topological polar surface area (TPSA) is 78.6 Å². The van der Waals surface area contributed by atoms with Gasteiger partial charge in [0.25, 0.3) is 0 Å². The molecule has 0 aliphatic carbocycles. The van der Waals surface area contributed by atoms with Crippen LogP contribution in [0.5, 0.6) is 0 Å². The van der Waals surface area contributed by atoms with Crippen LogP contribution in [0.4, 0.5) is 11.4 Å². The van der Waals surface area contributed by atoms with Gasteiger partial charge in [0.1, 0.15) is 0 Å². The lowest BCUT2D eigenvalue weighted by atomic mass is 10.1. The van der Waals surface area contributed by atoms with E-state index in [1.807, 2.05) is 6.07 Å². The second-order valence-corrected chi connectivity index (χ2v) is 4.90. The van der Waals surface area contributed by atoms with Gasteiger partial charge in [0.05, 0.1) is 16.9 Å². The number of aromatic carboxylic acids is 1. The molecule has 5 nitrogen and oxygen atoms in total. The number of carboxylic acids is 1. The zero-order chi connectivity index (χ0) is 13.7. The number of rotatable bonds is 6. The van der Waals surface area contributed by atoms with Gasteiger partial charge in [0, 0.05) is 6.54 Å². The molecule has 0 amide bonds. The van der Waals surface area contributed by atoms with Gasteiger partial charge in [-0.25, -0.2) is 4.79 Å². The van der Waals surface area contributed by atoms with E-state index in [9.17, 15) is 4.79 Å². The Kier molecular flexibility index (Phi) is 4.63. The van der Waals surface area contributed by atoms with Gasteiger partial charge in [-0.1, -0.05) is 6.07 Å². The minimum absolute atomic E-state index is 0.157. The van der Waals surface area contributed by atoms with E-state index in [1.165, 1.54) is 32.0 Å². The predicted molar refractivity (Wildman–Crippen MR) is 76.6 cm³/mol. The van der Waals surface area contributed by atoms with Crippen molar-refractivity contribution in [2.45, 2.75) is 19.3 Å². The third-order valence-corrected chi connectivity index (χ3v) is 3.50. The minimum atomic E-state index is -0.988. The molecule has 0 unspecified atom stereocenters. The van der Waals surface area contributed by atoms with Crippen molar-refractivity contribution in [1.82, 2.24) is 4.90 Å². The Morgan fingerprint density at radius 1 is 1.37 bits per heavy atom. The Balaban J connectivity index is 1.82. The molecule has 1 aliphatic rings. The average Bonchev–Trinajstić information content (AvgIpc) is 2.89. The van der Waals surface area contributed by atoms with Crippen molar-refractivity contribution in [3.8, 4) is 0 Å². The lowest BCUT2D eigenvalue weighted by molar-refractivity contribution is 0.0698. The number of para-hydroxylation sites is 1. The van der Waals surface area contributed by atoms with Crippen LogP contribution in [0.3, 0.4) is 0 Å². The van der Waals surface area contributed by atoms with E-state index in [2.05, 4.69) is 10.2 Å². The summed E-state index contributed by atoms with van der Waals surface area (Å²) in [6, 6.07) is 5.05. The summed E-state index contributed by atoms with van der Waals surface area (Å²) in [5.74, 6) is -0.988. The van der Waals surface area contributed by atoms with Crippen molar-refractivity contribution >= 4 is 17.3 Å². The number of nitrogens with two attached hydrogens (primary N) is 1. The van der Waals surface area contributed by atoms with Crippen LogP contribution >= 0.6 is 0 Å². The van der Waals surface area contributed by atoms with Gasteiger partial charge in [-0.3, -0.25) is 0 Å². The van der Waals surface area contributed by atoms with Crippen LogP contribution in [-0.4, -0.2) is 42.2 Å². The Labute approximate surface area is 113 Å². The van der Waals surface area contributed by atoms with Crippen LogP contribution in [0.1, 0.15) is 29.6 Å². The molecule has 5 heteroatoms. The van der Waals surface area contributed by atoms with Crippen molar-refractivity contribution in [3.63, 3.8) is 0 Å². The Morgan fingerprint density at radius 2 is 2.11 bits per heavy atom. The first kappa shape index (κ1) is 13.7. The molecule has 0 saturated carbocycles. The van der Waals surface area contributed by atoms with E-state index < -0.39 is 5.97 Å². The Hall–Kier alpha value is -1.75. The van der Waals surface area contributed by atoms with Crippen LogP contribution < -0.4 is 11.1 Å². The number of hydrogen-bond acceptors (Lipinski definition) is 4. The molecular formula is C14H21N3O2. The lowest BCUT2D eigenvalue weighted by Crippen LogP contribution is -2.22. The fourth-order valence-electron chi connectivity index (χ4n) is 2.44. The molecule has 104 valence electrons. The highest BCUT2D eigenvalue weighted by molar-refractivity contribution is 5.97. The van der Waals surface area contributed by atoms with Crippen LogP contribution in [0.15, 0.2) is 18.2 Å². The van der Waals surface area contributed by atoms with E-state index in [-0.39, 0.29) is 5.56 Å². The first-order valence-corrected chi connectivity index (χ1v) is 6.76. The first-order valence-electron chi connectivity index (χ1n) is 6.76. The molecule has 0 atom stereocenters. The minimum Gasteiger partial charge on any atom is -0.478 e. The first-order chi connectivity index (χ1) is 9.18. The summed E-state index contributed by atoms with van der Waals surface area (Å²) in [5.41, 5.74) is 7.02. The number of carbonyl (C=O) groups is 1. The summed E-state index contributed by atoms with van der Waals surface area (Å²) >= 11 is 0. The third-order valence-electron chi connectivity index (χ3n) is 3.50. The van der Waals surface area contributed by atoms with Crippen molar-refractivity contribution in [3.05, 3.63) is 23.8 Å². The SMILES string of the molecule is Nc1c(NCCCN2CCCC2)cccc1C(=O)O. The second kappa shape index (κ2) is 6.43. The van der Waals surface area contributed by atoms with Gasteiger partial charge in [-0.05, 0) is 51.0 Å². The average molecular weight is 263 g/mol. The zero-order valence-electron chi connectivity index (χ0n) is 11.1. The van der Waals surface area contributed by atoms with Crippen molar-refractivity contribution in [2.75, 3.05) is 37.2 Å². The van der Waals surface area contributed by atoms with Crippen LogP contribution in [0.25, 0.3) is 0 Å². The number of nitrogens with zero attached hydrogens (tertiary/aromatic N) is 1. The number of hydrogen-bond donors (Lipinski definition) is 3. The predicted octanol–water partition coefficient (Wildman–Crippen LogP) is 1.86. The summed E-state index contributed by atoms with van der Waals surface area (Å²) in [6.45, 7) is 4.31. The van der Waals surface area contributed by atoms with Crippen molar-refractivity contribution < 1.29 is 9.90 Å². The highest BCUT2D eigenvalue weighted by Gasteiger charge is 2.12. The smallest absolute Gasteiger partial charge is 0.337 e. The van der Waals surface area contributed by atoms with Crippen molar-refractivity contribution in [1.29, 1.82) is 0 Å². The Morgan fingerprint density at radius 3 is 2.79 bits per heavy atom. The number of likely N-dealkylation sites (tertiary alicyclic amines) is 1. The molecule has 4 N–H and O–H groups in total. The van der Waals surface area contributed by atoms with E-state index in [1.54, 1.807) is 6.07 Å². The molecule has 1 aromatic rings. The highest BCUT2D eigenvalue weighted by atomic mass is 16.4. The fraction of sp³-hybridized carbons (Fsp3) is 0.500. The van der Waals surface area contributed by atoms with Crippen molar-refractivity contribution in [2.24, 2.45) is 0 Å². The molecular weight excluding hydrogens is 242 g/mol. The largest absolute Gasteiger partial charge is 0.478 e. The van der Waals surface area contributed by atoms with Gasteiger partial charge in [0.15, 0.2) is 0 Å². The van der Waals surface area contributed by atoms with Gasteiger partial charge in [0.2, 0.25) is 0 Å². The number of nitrogens with one attached hydrogen (secondary N) is 1. The Bertz CT molecular complexity index is 442. The van der Waals surface area contributed by atoms with Crippen LogP contribution in [0.2, 0.25) is 0 Å². The van der Waals surface area contributed by atoms with E-state index >= 15 is 0 Å². The summed E-state index contributed by atoms with van der Waals surface area (Å²) in [4.78, 5) is 13.4. The summed E-state index contributed by atoms with van der Waals surface area (Å²) in [7, 11) is 0. The monoisotopic (exact) mass is 263 g/mol. The summed E-state index contributed by atoms with van der Waals surface area (Å²) in [5, 5.41) is 12.2. The lowest BCUT2D eigenvalue weighted by Gasteiger charge is -2.15. The van der Waals surface area contributed by atoms with E-state index in [0.717, 1.165) is 19.5 Å². The molecule has 1 fully saturated rings. The molecule has 0 aromatic heterocycles. The molecule has 1 saturated heterocycles. The maximum Gasteiger partial charge on any atom is 0.337 e. The highest BCUT2D eigenvalue weighted by Crippen LogP contribution is 2.22. The molecule has 1 aromatic carbocycles. The van der Waals surface area contributed by atoms with Gasteiger partial charge >= 0.3 is 5.97 Å². The molecule has 1 heterocycles. The van der Waals surface area contributed by atoms with Gasteiger partial charge < -0.3 is 21.1 Å². The standard InChI is InChI=1S/C14H21N3O2/c15-13-11(14(18)19)5-3-6-12(13)16-7-4-10-17-8-1-2-9-17/h3,5-6,16H,1-2,4,7-10,15H2,(H,18,19). The zero-order valence-corrected chi connectivity index (χ0v) is 11.1. The fourth-order valence-corrected chi connectivity index (χ4v) is 2.44. The second-order valence-electron chi connectivity index (χ2n) is 4.90. The third kappa shape index (κ3) is 3.61. The normalized spacial score (nSPS) is 15.6. The summed E-state index contributed by atoms with van der Waals surface area (Å²) < 4.78 is 0. The number of nitrogen functional groups attached to an aromatic ring is 1. The molecule has 0 spiro atoms.